The molecule has 3 N–H and O–H groups in total. The van der Waals surface area contributed by atoms with Gasteiger partial charge < -0.3 is 4.42 Å². The summed E-state index contributed by atoms with van der Waals surface area (Å²) in [5.74, 6) is 0.997. The molecular formula is C14H10ClN5O3. The fraction of sp³-hybridized carbons (Fsp3) is 0. The second-order valence-corrected chi connectivity index (χ2v) is 4.87. The van der Waals surface area contributed by atoms with Crippen LogP contribution in [0.15, 0.2) is 55.5 Å². The predicted molar refractivity (Wildman–Crippen MR) is 85.8 cm³/mol. The van der Waals surface area contributed by atoms with Crippen LogP contribution in [0.2, 0.25) is 5.02 Å². The number of hydrazone groups is 1. The van der Waals surface area contributed by atoms with E-state index in [0.717, 1.165) is 5.56 Å². The van der Waals surface area contributed by atoms with Crippen molar-refractivity contribution in [3.63, 3.8) is 0 Å². The molecule has 0 atom stereocenters. The molecule has 9 heteroatoms. The molecule has 0 spiro atoms. The van der Waals surface area contributed by atoms with E-state index in [2.05, 4.69) is 20.7 Å². The van der Waals surface area contributed by atoms with Crippen LogP contribution in [-0.4, -0.2) is 21.4 Å². The first-order valence-corrected chi connectivity index (χ1v) is 6.83. The maximum atomic E-state index is 11.4. The van der Waals surface area contributed by atoms with Crippen molar-refractivity contribution in [3.8, 4) is 11.3 Å². The number of halogens is 1. The summed E-state index contributed by atoms with van der Waals surface area (Å²) >= 11 is 5.84. The number of nitrogens with one attached hydrogen (secondary N) is 3. The number of anilines is 1. The first-order chi connectivity index (χ1) is 11.1. The van der Waals surface area contributed by atoms with Gasteiger partial charge in [0.05, 0.1) is 6.21 Å². The van der Waals surface area contributed by atoms with Crippen LogP contribution < -0.4 is 16.7 Å². The summed E-state index contributed by atoms with van der Waals surface area (Å²) in [7, 11) is 0. The fourth-order valence-corrected chi connectivity index (χ4v) is 1.90. The van der Waals surface area contributed by atoms with Gasteiger partial charge in [0.2, 0.25) is 5.82 Å². The Morgan fingerprint density at radius 3 is 2.70 bits per heavy atom. The summed E-state index contributed by atoms with van der Waals surface area (Å²) in [5.41, 5.74) is 1.92. The molecular weight excluding hydrogens is 322 g/mol. The highest BCUT2D eigenvalue weighted by Gasteiger charge is 2.04. The van der Waals surface area contributed by atoms with Crippen molar-refractivity contribution in [2.24, 2.45) is 5.10 Å². The SMILES string of the molecule is O=c1[nH]nc(N/N=C\c2ccc(-c3ccc(Cl)cc3)o2)c(=O)[nH]1. The number of rotatable bonds is 4. The first-order valence-electron chi connectivity index (χ1n) is 6.46. The van der Waals surface area contributed by atoms with Gasteiger partial charge in [-0.25, -0.2) is 9.89 Å². The maximum Gasteiger partial charge on any atom is 0.342 e. The second-order valence-electron chi connectivity index (χ2n) is 4.43. The summed E-state index contributed by atoms with van der Waals surface area (Å²) in [6.45, 7) is 0. The molecule has 0 aliphatic rings. The Balaban J connectivity index is 1.72. The third-order valence-corrected chi connectivity index (χ3v) is 3.08. The number of hydrogen-bond donors (Lipinski definition) is 3. The standard InChI is InChI=1S/C14H10ClN5O3/c15-9-3-1-8(2-4-9)11-6-5-10(23-11)7-16-18-12-13(21)17-14(22)20-19-12/h1-7H,(H,18,19)(H2,17,20,21,22)/b16-7-. The molecule has 0 bridgehead atoms. The van der Waals surface area contributed by atoms with Crippen molar-refractivity contribution in [1.82, 2.24) is 15.2 Å². The van der Waals surface area contributed by atoms with Crippen molar-refractivity contribution in [1.29, 1.82) is 0 Å². The lowest BCUT2D eigenvalue weighted by atomic mass is 10.2. The topological polar surface area (TPSA) is 116 Å². The Bertz CT molecular complexity index is 955. The molecule has 2 heterocycles. The molecule has 2 aromatic heterocycles. The van der Waals surface area contributed by atoms with E-state index in [0.29, 0.717) is 16.5 Å². The van der Waals surface area contributed by atoms with E-state index >= 15 is 0 Å². The largest absolute Gasteiger partial charge is 0.455 e. The Hall–Kier alpha value is -3.13. The number of H-pyrrole nitrogens is 2. The molecule has 0 saturated heterocycles. The molecule has 8 nitrogen and oxygen atoms in total. The quantitative estimate of drug-likeness (QED) is 0.498. The Morgan fingerprint density at radius 1 is 1.17 bits per heavy atom. The molecule has 1 aromatic carbocycles. The van der Waals surface area contributed by atoms with Crippen LogP contribution >= 0.6 is 11.6 Å². The van der Waals surface area contributed by atoms with Crippen LogP contribution in [0.3, 0.4) is 0 Å². The van der Waals surface area contributed by atoms with Gasteiger partial charge >= 0.3 is 5.69 Å². The minimum absolute atomic E-state index is 0.134. The third-order valence-electron chi connectivity index (χ3n) is 2.83. The van der Waals surface area contributed by atoms with E-state index in [4.69, 9.17) is 16.0 Å². The van der Waals surface area contributed by atoms with Gasteiger partial charge in [0.15, 0.2) is 0 Å². The molecule has 23 heavy (non-hydrogen) atoms. The average Bonchev–Trinajstić information content (AvgIpc) is 2.99. The Labute approximate surface area is 133 Å². The smallest absolute Gasteiger partial charge is 0.342 e. The van der Waals surface area contributed by atoms with E-state index in [1.165, 1.54) is 6.21 Å². The summed E-state index contributed by atoms with van der Waals surface area (Å²) in [6, 6.07) is 10.7. The molecule has 3 rings (SSSR count). The number of benzene rings is 1. The lowest BCUT2D eigenvalue weighted by Crippen LogP contribution is -2.25. The molecule has 0 unspecified atom stereocenters. The van der Waals surface area contributed by atoms with Gasteiger partial charge in [-0.15, -0.1) is 5.10 Å². The highest BCUT2D eigenvalue weighted by atomic mass is 35.5. The van der Waals surface area contributed by atoms with Crippen LogP contribution in [0.5, 0.6) is 0 Å². The van der Waals surface area contributed by atoms with Gasteiger partial charge in [-0.2, -0.15) is 5.10 Å². The van der Waals surface area contributed by atoms with Crippen molar-refractivity contribution in [2.45, 2.75) is 0 Å². The lowest BCUT2D eigenvalue weighted by molar-refractivity contribution is 0.575. The molecule has 3 aromatic rings. The molecule has 0 radical (unpaired) electrons. The molecule has 0 fully saturated rings. The zero-order chi connectivity index (χ0) is 16.2. The Morgan fingerprint density at radius 2 is 1.96 bits per heavy atom. The number of hydrogen-bond acceptors (Lipinski definition) is 6. The summed E-state index contributed by atoms with van der Waals surface area (Å²) in [4.78, 5) is 24.2. The minimum atomic E-state index is -0.692. The van der Waals surface area contributed by atoms with Gasteiger partial charge in [0.25, 0.3) is 5.56 Å². The predicted octanol–water partition coefficient (Wildman–Crippen LogP) is 1.82. The zero-order valence-electron chi connectivity index (χ0n) is 11.5. The lowest BCUT2D eigenvalue weighted by Gasteiger charge is -1.96. The fourth-order valence-electron chi connectivity index (χ4n) is 1.77. The van der Waals surface area contributed by atoms with E-state index in [9.17, 15) is 9.59 Å². The van der Waals surface area contributed by atoms with E-state index in [-0.39, 0.29) is 5.82 Å². The van der Waals surface area contributed by atoms with Gasteiger partial charge in [-0.05, 0) is 36.4 Å². The van der Waals surface area contributed by atoms with Crippen LogP contribution in [0.4, 0.5) is 5.82 Å². The monoisotopic (exact) mass is 331 g/mol. The summed E-state index contributed by atoms with van der Waals surface area (Å²) in [6.07, 6.45) is 1.38. The number of nitrogens with zero attached hydrogens (tertiary/aromatic N) is 2. The number of aromatic nitrogens is 3. The number of aromatic amines is 2. The van der Waals surface area contributed by atoms with Crippen molar-refractivity contribution >= 4 is 23.6 Å². The van der Waals surface area contributed by atoms with Crippen molar-refractivity contribution in [3.05, 3.63) is 68.0 Å². The normalized spacial score (nSPS) is 11.0. The van der Waals surface area contributed by atoms with Crippen LogP contribution in [0.1, 0.15) is 5.76 Å². The number of furan rings is 1. The third kappa shape index (κ3) is 3.55. The van der Waals surface area contributed by atoms with Crippen LogP contribution in [0.25, 0.3) is 11.3 Å². The van der Waals surface area contributed by atoms with Crippen LogP contribution in [-0.2, 0) is 0 Å². The van der Waals surface area contributed by atoms with Crippen LogP contribution in [0, 0.1) is 0 Å². The molecule has 0 aliphatic heterocycles. The van der Waals surface area contributed by atoms with E-state index in [1.807, 2.05) is 17.1 Å². The van der Waals surface area contributed by atoms with Gasteiger partial charge in [0.1, 0.15) is 11.5 Å². The highest BCUT2D eigenvalue weighted by molar-refractivity contribution is 6.30. The first kappa shape index (κ1) is 14.8. The van der Waals surface area contributed by atoms with Gasteiger partial charge in [0, 0.05) is 10.6 Å². The minimum Gasteiger partial charge on any atom is -0.455 e. The second kappa shape index (κ2) is 6.32. The highest BCUT2D eigenvalue weighted by Crippen LogP contribution is 2.23. The molecule has 0 amide bonds. The van der Waals surface area contributed by atoms with Gasteiger partial charge in [-0.3, -0.25) is 15.2 Å². The van der Waals surface area contributed by atoms with E-state index in [1.54, 1.807) is 24.3 Å². The molecule has 116 valence electrons. The van der Waals surface area contributed by atoms with Crippen molar-refractivity contribution in [2.75, 3.05) is 5.43 Å². The summed E-state index contributed by atoms with van der Waals surface area (Å²) in [5, 5.41) is 10.1. The zero-order valence-corrected chi connectivity index (χ0v) is 12.3. The Kier molecular flexibility index (Phi) is 4.07. The van der Waals surface area contributed by atoms with E-state index < -0.39 is 11.2 Å². The summed E-state index contributed by atoms with van der Waals surface area (Å²) < 4.78 is 5.60. The maximum absolute atomic E-state index is 11.4. The van der Waals surface area contributed by atoms with Gasteiger partial charge in [-0.1, -0.05) is 11.6 Å². The molecule has 0 aliphatic carbocycles. The average molecular weight is 332 g/mol. The molecule has 0 saturated carbocycles. The van der Waals surface area contributed by atoms with Crippen molar-refractivity contribution < 1.29 is 4.42 Å².